The van der Waals surface area contributed by atoms with E-state index >= 15 is 0 Å². The quantitative estimate of drug-likeness (QED) is 0.366. The summed E-state index contributed by atoms with van der Waals surface area (Å²) in [5.74, 6) is 1.99. The largest absolute Gasteiger partial charge is 0.339 e. The summed E-state index contributed by atoms with van der Waals surface area (Å²) in [5, 5.41) is 15.7. The Hall–Kier alpha value is -3.11. The lowest BCUT2D eigenvalue weighted by molar-refractivity contribution is -0.116. The lowest BCUT2D eigenvalue weighted by atomic mass is 10.0. The van der Waals surface area contributed by atoms with Gasteiger partial charge in [-0.25, -0.2) is 0 Å². The second-order valence-electron chi connectivity index (χ2n) is 7.09. The number of amides is 1. The van der Waals surface area contributed by atoms with Gasteiger partial charge in [0, 0.05) is 35.5 Å². The first-order chi connectivity index (χ1) is 14.6. The van der Waals surface area contributed by atoms with Crippen LogP contribution in [0.25, 0.3) is 11.4 Å². The maximum absolute atomic E-state index is 12.4. The van der Waals surface area contributed by atoms with Crippen molar-refractivity contribution in [1.29, 1.82) is 5.26 Å². The van der Waals surface area contributed by atoms with Crippen molar-refractivity contribution in [2.24, 2.45) is 0 Å². The molecule has 154 valence electrons. The zero-order valence-corrected chi connectivity index (χ0v) is 17.9. The average molecular weight is 421 g/mol. The molecule has 1 amide bonds. The number of para-hydroxylation sites is 1. The van der Waals surface area contributed by atoms with Crippen molar-refractivity contribution >= 4 is 23.4 Å². The molecule has 30 heavy (non-hydrogen) atoms. The number of rotatable bonds is 9. The molecule has 1 aromatic heterocycles. The van der Waals surface area contributed by atoms with Gasteiger partial charge in [-0.3, -0.25) is 4.79 Å². The number of nitriles is 1. The van der Waals surface area contributed by atoms with Gasteiger partial charge < -0.3 is 9.84 Å². The van der Waals surface area contributed by atoms with Gasteiger partial charge in [0.25, 0.3) is 0 Å². The Kier molecular flexibility index (Phi) is 7.63. The predicted molar refractivity (Wildman–Crippen MR) is 118 cm³/mol. The Morgan fingerprint density at radius 3 is 2.70 bits per heavy atom. The third kappa shape index (κ3) is 5.94. The van der Waals surface area contributed by atoms with Crippen LogP contribution in [0.1, 0.15) is 44.1 Å². The number of benzene rings is 2. The van der Waals surface area contributed by atoms with Crippen LogP contribution in [0.3, 0.4) is 0 Å². The van der Waals surface area contributed by atoms with Gasteiger partial charge in [-0.05, 0) is 23.6 Å². The molecule has 3 rings (SSSR count). The number of anilines is 1. The number of nitrogens with zero attached hydrogens (tertiary/aromatic N) is 3. The first-order valence-electron chi connectivity index (χ1n) is 9.88. The van der Waals surface area contributed by atoms with E-state index in [0.29, 0.717) is 36.2 Å². The number of carbonyl (C=O) groups is 1. The molecule has 2 aromatic carbocycles. The van der Waals surface area contributed by atoms with Crippen molar-refractivity contribution in [3.05, 3.63) is 60.0 Å². The molecular weight excluding hydrogens is 396 g/mol. The van der Waals surface area contributed by atoms with Crippen molar-refractivity contribution in [2.75, 3.05) is 11.1 Å². The smallest absolute Gasteiger partial charge is 0.227 e. The summed E-state index contributed by atoms with van der Waals surface area (Å²) in [4.78, 5) is 17.7. The predicted octanol–water partition coefficient (Wildman–Crippen LogP) is 5.44. The van der Waals surface area contributed by atoms with E-state index < -0.39 is 0 Å². The molecular formula is C23H24N4O2S. The topological polar surface area (TPSA) is 91.8 Å². The number of hydrogen-bond acceptors (Lipinski definition) is 6. The minimum Gasteiger partial charge on any atom is -0.339 e. The van der Waals surface area contributed by atoms with Crippen molar-refractivity contribution in [1.82, 2.24) is 10.1 Å². The fourth-order valence-electron chi connectivity index (χ4n) is 2.83. The maximum atomic E-state index is 12.4. The van der Waals surface area contributed by atoms with Crippen LogP contribution in [0, 0.1) is 11.3 Å². The van der Waals surface area contributed by atoms with Gasteiger partial charge in [0.15, 0.2) is 0 Å². The molecule has 0 bridgehead atoms. The SMILES string of the molecule is CC(C)c1ccc(-c2noc(CCC(=O)Nc3ccccc3SCCC#N)n2)cc1. The van der Waals surface area contributed by atoms with Crippen molar-refractivity contribution in [3.63, 3.8) is 0 Å². The van der Waals surface area contributed by atoms with Crippen LogP contribution in [0.15, 0.2) is 57.9 Å². The fraction of sp³-hybridized carbons (Fsp3) is 0.304. The number of hydrogen-bond donors (Lipinski definition) is 1. The van der Waals surface area contributed by atoms with Gasteiger partial charge in [-0.2, -0.15) is 10.2 Å². The van der Waals surface area contributed by atoms with Crippen LogP contribution >= 0.6 is 11.8 Å². The van der Waals surface area contributed by atoms with E-state index in [1.807, 2.05) is 36.4 Å². The lowest BCUT2D eigenvalue weighted by Crippen LogP contribution is -2.13. The molecule has 0 radical (unpaired) electrons. The van der Waals surface area contributed by atoms with Crippen LogP contribution in [-0.4, -0.2) is 21.8 Å². The molecule has 0 aliphatic rings. The summed E-state index contributed by atoms with van der Waals surface area (Å²) in [6.45, 7) is 4.30. The standard InChI is InChI=1S/C23H24N4O2S/c1-16(2)17-8-10-18(11-9-17)23-26-22(29-27-23)13-12-21(28)25-19-6-3-4-7-20(19)30-15-5-14-24/h3-4,6-11,16H,5,12-13,15H2,1-2H3,(H,25,28). The van der Waals surface area contributed by atoms with Gasteiger partial charge in [0.05, 0.1) is 11.8 Å². The molecule has 0 aliphatic heterocycles. The summed E-state index contributed by atoms with van der Waals surface area (Å²) >= 11 is 1.55. The van der Waals surface area contributed by atoms with Crippen molar-refractivity contribution in [3.8, 4) is 17.5 Å². The van der Waals surface area contributed by atoms with Crippen molar-refractivity contribution in [2.45, 2.75) is 43.9 Å². The highest BCUT2D eigenvalue weighted by Crippen LogP contribution is 2.27. The minimum atomic E-state index is -0.121. The van der Waals surface area contributed by atoms with Crippen LogP contribution in [0.4, 0.5) is 5.69 Å². The Morgan fingerprint density at radius 2 is 1.97 bits per heavy atom. The second kappa shape index (κ2) is 10.6. The number of nitrogens with one attached hydrogen (secondary N) is 1. The van der Waals surface area contributed by atoms with Gasteiger partial charge >= 0.3 is 0 Å². The zero-order valence-electron chi connectivity index (χ0n) is 17.1. The molecule has 1 heterocycles. The van der Waals surface area contributed by atoms with E-state index in [0.717, 1.165) is 16.1 Å². The van der Waals surface area contributed by atoms with E-state index in [4.69, 9.17) is 9.78 Å². The van der Waals surface area contributed by atoms with Crippen LogP contribution < -0.4 is 5.32 Å². The summed E-state index contributed by atoms with van der Waals surface area (Å²) in [5.41, 5.74) is 2.90. The molecule has 0 saturated carbocycles. The number of carbonyl (C=O) groups excluding carboxylic acids is 1. The summed E-state index contributed by atoms with van der Waals surface area (Å²) in [6, 6.07) is 17.8. The Bertz CT molecular complexity index is 1020. The molecule has 7 heteroatoms. The van der Waals surface area contributed by atoms with E-state index in [2.05, 4.69) is 47.5 Å². The summed E-state index contributed by atoms with van der Waals surface area (Å²) in [7, 11) is 0. The van der Waals surface area contributed by atoms with Crippen LogP contribution in [-0.2, 0) is 11.2 Å². The lowest BCUT2D eigenvalue weighted by Gasteiger charge is -2.09. The second-order valence-corrected chi connectivity index (χ2v) is 8.23. The van der Waals surface area contributed by atoms with Gasteiger partial charge in [0.2, 0.25) is 17.6 Å². The highest BCUT2D eigenvalue weighted by Gasteiger charge is 2.12. The van der Waals surface area contributed by atoms with Crippen molar-refractivity contribution < 1.29 is 9.32 Å². The molecule has 0 saturated heterocycles. The third-order valence-electron chi connectivity index (χ3n) is 4.50. The van der Waals surface area contributed by atoms with Gasteiger partial charge in [0.1, 0.15) is 0 Å². The Labute approximate surface area is 180 Å². The van der Waals surface area contributed by atoms with E-state index in [-0.39, 0.29) is 12.3 Å². The molecule has 0 atom stereocenters. The first-order valence-corrected chi connectivity index (χ1v) is 10.9. The molecule has 6 nitrogen and oxygen atoms in total. The summed E-state index contributed by atoms with van der Waals surface area (Å²) in [6.07, 6.45) is 1.07. The Balaban J connectivity index is 1.55. The minimum absolute atomic E-state index is 0.121. The zero-order chi connectivity index (χ0) is 21.3. The average Bonchev–Trinajstić information content (AvgIpc) is 3.23. The molecule has 1 N–H and O–H groups in total. The highest BCUT2D eigenvalue weighted by molar-refractivity contribution is 7.99. The van der Waals surface area contributed by atoms with Gasteiger partial charge in [-0.15, -0.1) is 11.8 Å². The normalized spacial score (nSPS) is 10.7. The fourth-order valence-corrected chi connectivity index (χ4v) is 3.69. The number of thioether (sulfide) groups is 1. The van der Waals surface area contributed by atoms with E-state index in [1.54, 1.807) is 11.8 Å². The van der Waals surface area contributed by atoms with E-state index in [1.165, 1.54) is 5.56 Å². The molecule has 0 unspecified atom stereocenters. The number of aromatic nitrogens is 2. The Morgan fingerprint density at radius 1 is 1.20 bits per heavy atom. The van der Waals surface area contributed by atoms with E-state index in [9.17, 15) is 4.79 Å². The molecule has 0 spiro atoms. The maximum Gasteiger partial charge on any atom is 0.227 e. The molecule has 3 aromatic rings. The van der Waals surface area contributed by atoms with Crippen LogP contribution in [0.5, 0.6) is 0 Å². The highest BCUT2D eigenvalue weighted by atomic mass is 32.2. The summed E-state index contributed by atoms with van der Waals surface area (Å²) < 4.78 is 5.31. The van der Waals surface area contributed by atoms with Gasteiger partial charge in [-0.1, -0.05) is 55.4 Å². The van der Waals surface area contributed by atoms with Crippen LogP contribution in [0.2, 0.25) is 0 Å². The number of aryl methyl sites for hydroxylation is 1. The molecule has 0 aliphatic carbocycles. The third-order valence-corrected chi connectivity index (χ3v) is 5.58. The monoisotopic (exact) mass is 420 g/mol. The molecule has 0 fully saturated rings. The first kappa shape index (κ1) is 21.6.